The van der Waals surface area contributed by atoms with Crippen LogP contribution in [0.2, 0.25) is 0 Å². The van der Waals surface area contributed by atoms with Gasteiger partial charge in [0.25, 0.3) is 0 Å². The van der Waals surface area contributed by atoms with Crippen LogP contribution in [0.4, 0.5) is 4.39 Å². The molecule has 0 radical (unpaired) electrons. The summed E-state index contributed by atoms with van der Waals surface area (Å²) < 4.78 is 24.0. The molecule has 6 nitrogen and oxygen atoms in total. The van der Waals surface area contributed by atoms with Gasteiger partial charge in [-0.15, -0.1) is 0 Å². The van der Waals surface area contributed by atoms with Crippen molar-refractivity contribution >= 4 is 5.96 Å². The molecule has 0 saturated heterocycles. The van der Waals surface area contributed by atoms with Crippen molar-refractivity contribution in [2.45, 2.75) is 46.3 Å². The zero-order chi connectivity index (χ0) is 18.9. The quantitative estimate of drug-likeness (QED) is 0.556. The molecule has 0 aliphatic carbocycles. The Balaban J connectivity index is 1.86. The van der Waals surface area contributed by atoms with Crippen molar-refractivity contribution < 1.29 is 13.7 Å². The summed E-state index contributed by atoms with van der Waals surface area (Å²) in [4.78, 5) is 4.50. The maximum absolute atomic E-state index is 12.9. The predicted molar refractivity (Wildman–Crippen MR) is 99.9 cm³/mol. The van der Waals surface area contributed by atoms with Crippen LogP contribution in [0.15, 0.2) is 39.8 Å². The van der Waals surface area contributed by atoms with E-state index in [4.69, 9.17) is 9.26 Å². The van der Waals surface area contributed by atoms with Crippen molar-refractivity contribution in [3.63, 3.8) is 0 Å². The van der Waals surface area contributed by atoms with Gasteiger partial charge in [0.2, 0.25) is 0 Å². The molecule has 1 heterocycles. The molecule has 0 bridgehead atoms. The number of aromatic nitrogens is 1. The van der Waals surface area contributed by atoms with Crippen LogP contribution < -0.4 is 15.4 Å². The fourth-order valence-corrected chi connectivity index (χ4v) is 2.20. The average Bonchev–Trinajstić information content (AvgIpc) is 3.09. The van der Waals surface area contributed by atoms with Gasteiger partial charge in [0.1, 0.15) is 24.2 Å². The third-order valence-electron chi connectivity index (χ3n) is 3.61. The van der Waals surface area contributed by atoms with E-state index in [2.05, 4.69) is 34.6 Å². The van der Waals surface area contributed by atoms with Gasteiger partial charge in [0, 0.05) is 12.6 Å². The third kappa shape index (κ3) is 6.38. The van der Waals surface area contributed by atoms with Crippen LogP contribution in [0.5, 0.6) is 5.75 Å². The normalized spacial score (nSPS) is 12.9. The average molecular weight is 362 g/mol. The summed E-state index contributed by atoms with van der Waals surface area (Å²) in [7, 11) is 0. The number of nitrogens with zero attached hydrogens (tertiary/aromatic N) is 2. The SMILES string of the molecule is CCNC(=NCc1cc(C(C)C)no1)NCC(C)Oc1ccc(F)cc1. The Morgan fingerprint density at radius 1 is 1.23 bits per heavy atom. The Kier molecular flexibility index (Phi) is 7.44. The molecule has 1 unspecified atom stereocenters. The third-order valence-corrected chi connectivity index (χ3v) is 3.61. The molecular weight excluding hydrogens is 335 g/mol. The van der Waals surface area contributed by atoms with Crippen molar-refractivity contribution in [1.29, 1.82) is 0 Å². The maximum Gasteiger partial charge on any atom is 0.191 e. The molecule has 0 fully saturated rings. The molecule has 1 aromatic heterocycles. The number of rotatable bonds is 8. The lowest BCUT2D eigenvalue weighted by Crippen LogP contribution is -2.41. The summed E-state index contributed by atoms with van der Waals surface area (Å²) in [6.07, 6.45) is -0.109. The Bertz CT molecular complexity index is 698. The van der Waals surface area contributed by atoms with Gasteiger partial charge in [0.15, 0.2) is 11.7 Å². The molecular formula is C19H27FN4O2. The highest BCUT2D eigenvalue weighted by Crippen LogP contribution is 2.14. The van der Waals surface area contributed by atoms with Gasteiger partial charge in [-0.05, 0) is 44.0 Å². The summed E-state index contributed by atoms with van der Waals surface area (Å²) in [5.74, 6) is 2.07. The highest BCUT2D eigenvalue weighted by atomic mass is 19.1. The first-order valence-corrected chi connectivity index (χ1v) is 8.87. The first-order chi connectivity index (χ1) is 12.5. The van der Waals surface area contributed by atoms with Crippen LogP contribution in [-0.2, 0) is 6.54 Å². The molecule has 26 heavy (non-hydrogen) atoms. The van der Waals surface area contributed by atoms with E-state index in [1.807, 2.05) is 19.9 Å². The Morgan fingerprint density at radius 2 is 1.96 bits per heavy atom. The summed E-state index contributed by atoms with van der Waals surface area (Å²) >= 11 is 0. The van der Waals surface area contributed by atoms with Crippen molar-refractivity contribution in [3.05, 3.63) is 47.6 Å². The minimum Gasteiger partial charge on any atom is -0.489 e. The fraction of sp³-hybridized carbons (Fsp3) is 0.474. The van der Waals surface area contributed by atoms with Gasteiger partial charge < -0.3 is 19.9 Å². The summed E-state index contributed by atoms with van der Waals surface area (Å²) in [6.45, 7) is 9.77. The van der Waals surface area contributed by atoms with Crippen molar-refractivity contribution in [1.82, 2.24) is 15.8 Å². The van der Waals surface area contributed by atoms with E-state index < -0.39 is 0 Å². The highest BCUT2D eigenvalue weighted by Gasteiger charge is 2.09. The van der Waals surface area contributed by atoms with E-state index >= 15 is 0 Å². The lowest BCUT2D eigenvalue weighted by Gasteiger charge is -2.17. The molecule has 0 saturated carbocycles. The second-order valence-corrected chi connectivity index (χ2v) is 6.33. The van der Waals surface area contributed by atoms with Gasteiger partial charge in [0.05, 0.1) is 12.2 Å². The highest BCUT2D eigenvalue weighted by molar-refractivity contribution is 5.79. The van der Waals surface area contributed by atoms with E-state index in [9.17, 15) is 4.39 Å². The van der Waals surface area contributed by atoms with Crippen LogP contribution >= 0.6 is 0 Å². The molecule has 142 valence electrons. The number of nitrogens with one attached hydrogen (secondary N) is 2. The number of guanidine groups is 1. The van der Waals surface area contributed by atoms with E-state index in [-0.39, 0.29) is 11.9 Å². The smallest absolute Gasteiger partial charge is 0.191 e. The van der Waals surface area contributed by atoms with E-state index in [0.717, 1.165) is 18.0 Å². The number of benzene rings is 1. The van der Waals surface area contributed by atoms with Crippen LogP contribution in [-0.4, -0.2) is 30.3 Å². The molecule has 2 aromatic rings. The number of ether oxygens (including phenoxy) is 1. The molecule has 1 aromatic carbocycles. The molecule has 0 spiro atoms. The Morgan fingerprint density at radius 3 is 2.58 bits per heavy atom. The van der Waals surface area contributed by atoms with Gasteiger partial charge in [-0.25, -0.2) is 9.38 Å². The number of aliphatic imine (C=N–C) groups is 1. The van der Waals surface area contributed by atoms with Crippen LogP contribution in [0.25, 0.3) is 0 Å². The summed E-state index contributed by atoms with van der Waals surface area (Å²) in [5.41, 5.74) is 0.925. The molecule has 2 rings (SSSR count). The zero-order valence-electron chi connectivity index (χ0n) is 15.8. The van der Waals surface area contributed by atoms with Crippen LogP contribution in [0.1, 0.15) is 45.1 Å². The lowest BCUT2D eigenvalue weighted by molar-refractivity contribution is 0.223. The van der Waals surface area contributed by atoms with Crippen molar-refractivity contribution in [2.24, 2.45) is 4.99 Å². The number of hydrogen-bond acceptors (Lipinski definition) is 4. The first-order valence-electron chi connectivity index (χ1n) is 8.87. The monoisotopic (exact) mass is 362 g/mol. The minimum absolute atomic E-state index is 0.109. The molecule has 0 aliphatic rings. The minimum atomic E-state index is -0.280. The van der Waals surface area contributed by atoms with Gasteiger partial charge in [-0.2, -0.15) is 0 Å². The molecule has 0 aliphatic heterocycles. The van der Waals surface area contributed by atoms with Crippen LogP contribution in [0, 0.1) is 5.82 Å². The zero-order valence-corrected chi connectivity index (χ0v) is 15.8. The molecule has 7 heteroatoms. The van der Waals surface area contributed by atoms with Gasteiger partial charge in [-0.1, -0.05) is 19.0 Å². The molecule has 1 atom stereocenters. The number of hydrogen-bond donors (Lipinski definition) is 2. The van der Waals surface area contributed by atoms with Crippen molar-refractivity contribution in [2.75, 3.05) is 13.1 Å². The summed E-state index contributed by atoms with van der Waals surface area (Å²) in [6, 6.07) is 7.91. The largest absolute Gasteiger partial charge is 0.489 e. The van der Waals surface area contributed by atoms with E-state index in [1.165, 1.54) is 12.1 Å². The predicted octanol–water partition coefficient (Wildman–Crippen LogP) is 3.46. The fourth-order valence-electron chi connectivity index (χ4n) is 2.20. The topological polar surface area (TPSA) is 71.7 Å². The van der Waals surface area contributed by atoms with E-state index in [0.29, 0.717) is 30.7 Å². The Labute approximate surface area is 153 Å². The van der Waals surface area contributed by atoms with E-state index in [1.54, 1.807) is 12.1 Å². The number of halogens is 1. The first kappa shape index (κ1) is 19.8. The summed E-state index contributed by atoms with van der Waals surface area (Å²) in [5, 5.41) is 10.4. The van der Waals surface area contributed by atoms with Crippen LogP contribution in [0.3, 0.4) is 0 Å². The van der Waals surface area contributed by atoms with Gasteiger partial charge >= 0.3 is 0 Å². The molecule has 0 amide bonds. The second kappa shape index (κ2) is 9.79. The standard InChI is InChI=1S/C19H27FN4O2/c1-5-21-19(23-12-17-10-18(13(2)3)24-26-17)22-11-14(4)25-16-8-6-15(20)7-9-16/h6-10,13-14H,5,11-12H2,1-4H3,(H2,21,22,23). The van der Waals surface area contributed by atoms with Gasteiger partial charge in [-0.3, -0.25) is 0 Å². The second-order valence-electron chi connectivity index (χ2n) is 6.33. The molecule has 2 N–H and O–H groups in total. The van der Waals surface area contributed by atoms with Crippen molar-refractivity contribution in [3.8, 4) is 5.75 Å². The lowest BCUT2D eigenvalue weighted by atomic mass is 10.1. The Hall–Kier alpha value is -2.57. The maximum atomic E-state index is 12.9.